The lowest BCUT2D eigenvalue weighted by Gasteiger charge is -2.26. The van der Waals surface area contributed by atoms with Gasteiger partial charge in [0.1, 0.15) is 5.69 Å². The quantitative estimate of drug-likeness (QED) is 0.925. The summed E-state index contributed by atoms with van der Waals surface area (Å²) < 4.78 is 0.882. The normalized spacial score (nSPS) is 16.5. The minimum Gasteiger partial charge on any atom is -0.349 e. The SMILES string of the molecule is O=C(NCCN1CCCCC1)c1ccc(Br)cn1. The molecule has 1 aromatic heterocycles. The Hall–Kier alpha value is -0.940. The van der Waals surface area contributed by atoms with Crippen LogP contribution in [0.2, 0.25) is 0 Å². The fourth-order valence-corrected chi connectivity index (χ4v) is 2.35. The number of hydrogen-bond acceptors (Lipinski definition) is 3. The Balaban J connectivity index is 1.72. The average molecular weight is 312 g/mol. The van der Waals surface area contributed by atoms with Crippen molar-refractivity contribution in [3.8, 4) is 0 Å². The van der Waals surface area contributed by atoms with Crippen molar-refractivity contribution >= 4 is 21.8 Å². The lowest BCUT2D eigenvalue weighted by atomic mass is 10.1. The van der Waals surface area contributed by atoms with Gasteiger partial charge < -0.3 is 10.2 Å². The monoisotopic (exact) mass is 311 g/mol. The first-order valence-electron chi connectivity index (χ1n) is 6.38. The van der Waals surface area contributed by atoms with Crippen molar-refractivity contribution in [1.29, 1.82) is 0 Å². The van der Waals surface area contributed by atoms with Gasteiger partial charge in [0.25, 0.3) is 5.91 Å². The Bertz CT molecular complexity index is 388. The Morgan fingerprint density at radius 2 is 2.11 bits per heavy atom. The molecule has 0 saturated carbocycles. The molecule has 4 nitrogen and oxygen atoms in total. The molecule has 1 aromatic rings. The smallest absolute Gasteiger partial charge is 0.269 e. The zero-order chi connectivity index (χ0) is 12.8. The van der Waals surface area contributed by atoms with E-state index >= 15 is 0 Å². The molecule has 2 rings (SSSR count). The Morgan fingerprint density at radius 1 is 1.33 bits per heavy atom. The van der Waals surface area contributed by atoms with Crippen molar-refractivity contribution in [2.45, 2.75) is 19.3 Å². The van der Waals surface area contributed by atoms with E-state index in [2.05, 4.69) is 31.1 Å². The molecule has 98 valence electrons. The van der Waals surface area contributed by atoms with Gasteiger partial charge in [-0.2, -0.15) is 0 Å². The second-order valence-electron chi connectivity index (χ2n) is 4.52. The van der Waals surface area contributed by atoms with Crippen LogP contribution in [0.5, 0.6) is 0 Å². The van der Waals surface area contributed by atoms with E-state index in [0.29, 0.717) is 12.2 Å². The van der Waals surface area contributed by atoms with Crippen LogP contribution in [0.1, 0.15) is 29.8 Å². The van der Waals surface area contributed by atoms with Crippen molar-refractivity contribution in [3.05, 3.63) is 28.5 Å². The van der Waals surface area contributed by atoms with Crippen molar-refractivity contribution in [2.75, 3.05) is 26.2 Å². The van der Waals surface area contributed by atoms with E-state index in [-0.39, 0.29) is 5.91 Å². The number of piperidine rings is 1. The van der Waals surface area contributed by atoms with E-state index < -0.39 is 0 Å². The summed E-state index contributed by atoms with van der Waals surface area (Å²) >= 11 is 3.30. The molecule has 5 heteroatoms. The molecule has 0 aromatic carbocycles. The topological polar surface area (TPSA) is 45.2 Å². The van der Waals surface area contributed by atoms with E-state index in [9.17, 15) is 4.79 Å². The van der Waals surface area contributed by atoms with Gasteiger partial charge >= 0.3 is 0 Å². The van der Waals surface area contributed by atoms with Gasteiger partial charge in [-0.25, -0.2) is 4.98 Å². The largest absolute Gasteiger partial charge is 0.349 e. The second kappa shape index (κ2) is 6.85. The van der Waals surface area contributed by atoms with E-state index in [1.165, 1.54) is 19.3 Å². The molecule has 1 aliphatic heterocycles. The van der Waals surface area contributed by atoms with Gasteiger partial charge in [-0.3, -0.25) is 4.79 Å². The van der Waals surface area contributed by atoms with Gasteiger partial charge in [-0.05, 0) is 54.0 Å². The molecule has 1 amide bonds. The molecular weight excluding hydrogens is 294 g/mol. The number of halogens is 1. The number of hydrogen-bond donors (Lipinski definition) is 1. The van der Waals surface area contributed by atoms with E-state index in [1.54, 1.807) is 12.3 Å². The Kier molecular flexibility index (Phi) is 5.13. The van der Waals surface area contributed by atoms with Gasteiger partial charge in [0.15, 0.2) is 0 Å². The first kappa shape index (κ1) is 13.5. The molecule has 0 spiro atoms. The van der Waals surface area contributed by atoms with Gasteiger partial charge in [0, 0.05) is 23.8 Å². The number of rotatable bonds is 4. The highest BCUT2D eigenvalue weighted by atomic mass is 79.9. The van der Waals surface area contributed by atoms with E-state index in [0.717, 1.165) is 24.1 Å². The van der Waals surface area contributed by atoms with Crippen molar-refractivity contribution in [2.24, 2.45) is 0 Å². The standard InChI is InChI=1S/C13H18BrN3O/c14-11-4-5-12(16-10-11)13(18)15-6-9-17-7-2-1-3-8-17/h4-5,10H,1-3,6-9H2,(H,15,18). The zero-order valence-electron chi connectivity index (χ0n) is 10.4. The van der Waals surface area contributed by atoms with Crippen LogP contribution in [0, 0.1) is 0 Å². The summed E-state index contributed by atoms with van der Waals surface area (Å²) in [5.74, 6) is -0.0977. The summed E-state index contributed by atoms with van der Waals surface area (Å²) in [6, 6.07) is 3.55. The number of nitrogens with zero attached hydrogens (tertiary/aromatic N) is 2. The van der Waals surface area contributed by atoms with Crippen LogP contribution in [-0.4, -0.2) is 42.0 Å². The van der Waals surface area contributed by atoms with Gasteiger partial charge in [-0.1, -0.05) is 6.42 Å². The van der Waals surface area contributed by atoms with Crippen LogP contribution < -0.4 is 5.32 Å². The predicted molar refractivity (Wildman–Crippen MR) is 74.6 cm³/mol. The molecule has 18 heavy (non-hydrogen) atoms. The van der Waals surface area contributed by atoms with Crippen LogP contribution in [0.25, 0.3) is 0 Å². The molecular formula is C13H18BrN3O. The van der Waals surface area contributed by atoms with Crippen LogP contribution in [0.4, 0.5) is 0 Å². The number of aromatic nitrogens is 1. The number of carbonyl (C=O) groups is 1. The molecule has 1 saturated heterocycles. The molecule has 1 N–H and O–H groups in total. The summed E-state index contributed by atoms with van der Waals surface area (Å²) in [5, 5.41) is 2.91. The molecule has 2 heterocycles. The summed E-state index contributed by atoms with van der Waals surface area (Å²) in [7, 11) is 0. The van der Waals surface area contributed by atoms with Crippen molar-refractivity contribution in [3.63, 3.8) is 0 Å². The third-order valence-electron chi connectivity index (χ3n) is 3.12. The predicted octanol–water partition coefficient (Wildman–Crippen LogP) is 2.06. The summed E-state index contributed by atoms with van der Waals surface area (Å²) in [4.78, 5) is 18.3. The Labute approximate surface area is 116 Å². The second-order valence-corrected chi connectivity index (χ2v) is 5.44. The molecule has 0 radical (unpaired) electrons. The van der Waals surface area contributed by atoms with Gasteiger partial charge in [-0.15, -0.1) is 0 Å². The third-order valence-corrected chi connectivity index (χ3v) is 3.59. The maximum absolute atomic E-state index is 11.8. The molecule has 0 bridgehead atoms. The fourth-order valence-electron chi connectivity index (χ4n) is 2.11. The summed E-state index contributed by atoms with van der Waals surface area (Å²) in [6.45, 7) is 3.94. The highest BCUT2D eigenvalue weighted by Crippen LogP contribution is 2.08. The number of carbonyl (C=O) groups excluding carboxylic acids is 1. The number of likely N-dealkylation sites (tertiary alicyclic amines) is 1. The Morgan fingerprint density at radius 3 is 2.78 bits per heavy atom. The number of nitrogens with one attached hydrogen (secondary N) is 1. The molecule has 1 fully saturated rings. The molecule has 0 aliphatic carbocycles. The zero-order valence-corrected chi connectivity index (χ0v) is 11.9. The molecule has 1 aliphatic rings. The van der Waals surface area contributed by atoms with Crippen LogP contribution in [0.15, 0.2) is 22.8 Å². The first-order chi connectivity index (χ1) is 8.75. The average Bonchev–Trinajstić information content (AvgIpc) is 2.40. The van der Waals surface area contributed by atoms with Crippen LogP contribution >= 0.6 is 15.9 Å². The maximum Gasteiger partial charge on any atom is 0.269 e. The van der Waals surface area contributed by atoms with Crippen LogP contribution in [-0.2, 0) is 0 Å². The lowest BCUT2D eigenvalue weighted by molar-refractivity contribution is 0.0941. The van der Waals surface area contributed by atoms with Crippen molar-refractivity contribution in [1.82, 2.24) is 15.2 Å². The van der Waals surface area contributed by atoms with Crippen LogP contribution in [0.3, 0.4) is 0 Å². The highest BCUT2D eigenvalue weighted by Gasteiger charge is 2.11. The maximum atomic E-state index is 11.8. The summed E-state index contributed by atoms with van der Waals surface area (Å²) in [6.07, 6.45) is 5.54. The fraction of sp³-hybridized carbons (Fsp3) is 0.538. The minimum absolute atomic E-state index is 0.0977. The van der Waals surface area contributed by atoms with Gasteiger partial charge in [0.05, 0.1) is 0 Å². The van der Waals surface area contributed by atoms with Crippen molar-refractivity contribution < 1.29 is 4.79 Å². The third kappa shape index (κ3) is 4.07. The first-order valence-corrected chi connectivity index (χ1v) is 7.17. The highest BCUT2D eigenvalue weighted by molar-refractivity contribution is 9.10. The summed E-state index contributed by atoms with van der Waals surface area (Å²) in [5.41, 5.74) is 0.469. The van der Waals surface area contributed by atoms with E-state index in [1.807, 2.05) is 6.07 Å². The minimum atomic E-state index is -0.0977. The molecule has 0 unspecified atom stereocenters. The molecule has 0 atom stereocenters. The number of amides is 1. The van der Waals surface area contributed by atoms with Gasteiger partial charge in [0.2, 0.25) is 0 Å². The van der Waals surface area contributed by atoms with E-state index in [4.69, 9.17) is 0 Å². The lowest BCUT2D eigenvalue weighted by Crippen LogP contribution is -2.37. The number of pyridine rings is 1.